The van der Waals surface area contributed by atoms with Crippen LogP contribution in [0.5, 0.6) is 0 Å². The average Bonchev–Trinajstić information content (AvgIpc) is 3.64. The molecule has 0 aliphatic heterocycles. The number of hydrogen-bond donors (Lipinski definition) is 0. The van der Waals surface area contributed by atoms with Gasteiger partial charge in [0.15, 0.2) is 0 Å². The fraction of sp³-hybridized carbons (Fsp3) is 0. The first-order valence-corrected chi connectivity index (χ1v) is 17.0. The highest BCUT2D eigenvalue weighted by Gasteiger charge is 2.20. The molecule has 9 aromatic rings. The van der Waals surface area contributed by atoms with E-state index in [1.807, 2.05) is 18.2 Å². The SMILES string of the molecule is c1ccc(-c2ccc(-c3ccccc3N(c3ccccc3)c3ccc(-c4cccc(-c5cc6ccccc6o5)c4)c4ccccc34)cc2)cc1. The molecular weight excluding hydrogens is 607 g/mol. The third-order valence-electron chi connectivity index (χ3n) is 9.49. The number of anilines is 3. The van der Waals surface area contributed by atoms with E-state index in [-0.39, 0.29) is 0 Å². The highest BCUT2D eigenvalue weighted by atomic mass is 16.3. The second-order valence-electron chi connectivity index (χ2n) is 12.5. The van der Waals surface area contributed by atoms with Gasteiger partial charge in [-0.05, 0) is 75.7 Å². The maximum atomic E-state index is 6.25. The van der Waals surface area contributed by atoms with Crippen molar-refractivity contribution in [3.63, 3.8) is 0 Å². The molecule has 0 N–H and O–H groups in total. The molecule has 2 nitrogen and oxygen atoms in total. The highest BCUT2D eigenvalue weighted by Crippen LogP contribution is 2.45. The number of furan rings is 1. The second-order valence-corrected chi connectivity index (χ2v) is 12.5. The summed E-state index contributed by atoms with van der Waals surface area (Å²) in [6.45, 7) is 0. The fourth-order valence-electron chi connectivity index (χ4n) is 7.06. The Morgan fingerprint density at radius 2 is 0.960 bits per heavy atom. The van der Waals surface area contributed by atoms with Crippen molar-refractivity contribution in [2.75, 3.05) is 4.90 Å². The number of para-hydroxylation sites is 3. The summed E-state index contributed by atoms with van der Waals surface area (Å²) >= 11 is 0. The van der Waals surface area contributed by atoms with Gasteiger partial charge in [-0.2, -0.15) is 0 Å². The van der Waals surface area contributed by atoms with Crippen LogP contribution in [0.1, 0.15) is 0 Å². The molecule has 8 aromatic carbocycles. The van der Waals surface area contributed by atoms with E-state index in [2.05, 4.69) is 187 Å². The molecule has 236 valence electrons. The molecule has 0 aliphatic carbocycles. The summed E-state index contributed by atoms with van der Waals surface area (Å²) in [5, 5.41) is 3.48. The van der Waals surface area contributed by atoms with Gasteiger partial charge < -0.3 is 9.32 Å². The van der Waals surface area contributed by atoms with E-state index < -0.39 is 0 Å². The van der Waals surface area contributed by atoms with E-state index in [4.69, 9.17) is 4.42 Å². The summed E-state index contributed by atoms with van der Waals surface area (Å²) in [5.74, 6) is 0.873. The number of benzene rings is 8. The Balaban J connectivity index is 1.17. The normalized spacial score (nSPS) is 11.2. The van der Waals surface area contributed by atoms with Crippen LogP contribution in [0.15, 0.2) is 205 Å². The molecule has 0 spiro atoms. The molecule has 1 aromatic heterocycles. The largest absolute Gasteiger partial charge is 0.456 e. The van der Waals surface area contributed by atoms with Crippen molar-refractivity contribution in [3.8, 4) is 44.7 Å². The van der Waals surface area contributed by atoms with Crippen LogP contribution in [0.2, 0.25) is 0 Å². The lowest BCUT2D eigenvalue weighted by atomic mass is 9.94. The summed E-state index contributed by atoms with van der Waals surface area (Å²) < 4.78 is 6.25. The van der Waals surface area contributed by atoms with Crippen molar-refractivity contribution in [2.24, 2.45) is 0 Å². The maximum absolute atomic E-state index is 6.25. The van der Waals surface area contributed by atoms with Crippen molar-refractivity contribution in [3.05, 3.63) is 200 Å². The topological polar surface area (TPSA) is 16.4 Å². The van der Waals surface area contributed by atoms with Gasteiger partial charge in [0.1, 0.15) is 11.3 Å². The maximum Gasteiger partial charge on any atom is 0.135 e. The molecule has 0 unspecified atom stereocenters. The van der Waals surface area contributed by atoms with E-state index in [0.717, 1.165) is 44.9 Å². The molecule has 2 heteroatoms. The Morgan fingerprint density at radius 3 is 1.78 bits per heavy atom. The first-order valence-electron chi connectivity index (χ1n) is 17.0. The van der Waals surface area contributed by atoms with Gasteiger partial charge in [0, 0.05) is 27.6 Å². The summed E-state index contributed by atoms with van der Waals surface area (Å²) in [5.41, 5.74) is 12.4. The molecule has 1 heterocycles. The second kappa shape index (κ2) is 12.8. The van der Waals surface area contributed by atoms with Crippen LogP contribution in [-0.2, 0) is 0 Å². The van der Waals surface area contributed by atoms with Gasteiger partial charge >= 0.3 is 0 Å². The Labute approximate surface area is 292 Å². The van der Waals surface area contributed by atoms with Crippen LogP contribution in [0.25, 0.3) is 66.4 Å². The lowest BCUT2D eigenvalue weighted by Crippen LogP contribution is -2.11. The zero-order valence-electron chi connectivity index (χ0n) is 27.4. The van der Waals surface area contributed by atoms with Crippen LogP contribution in [0.3, 0.4) is 0 Å². The predicted molar refractivity (Wildman–Crippen MR) is 210 cm³/mol. The standard InChI is InChI=1S/C48H33NO/c1-3-14-34(15-4-1)35-26-28-36(29-27-35)42-21-10-11-24-45(42)49(40-19-5-2-6-20-40)46-31-30-41(43-22-8-9-23-44(43)46)37-17-13-18-38(32-37)48-33-39-16-7-12-25-47(39)50-48/h1-33H. The van der Waals surface area contributed by atoms with Crippen molar-refractivity contribution in [1.29, 1.82) is 0 Å². The smallest absolute Gasteiger partial charge is 0.135 e. The summed E-state index contributed by atoms with van der Waals surface area (Å²) in [4.78, 5) is 2.40. The molecule has 0 bridgehead atoms. The summed E-state index contributed by atoms with van der Waals surface area (Å²) in [6, 6.07) is 71.1. The van der Waals surface area contributed by atoms with E-state index in [0.29, 0.717) is 0 Å². The van der Waals surface area contributed by atoms with E-state index in [1.165, 1.54) is 38.6 Å². The molecular formula is C48H33NO. The minimum atomic E-state index is 0.873. The molecule has 0 atom stereocenters. The first-order chi connectivity index (χ1) is 24.8. The third-order valence-corrected chi connectivity index (χ3v) is 9.49. The van der Waals surface area contributed by atoms with Crippen LogP contribution in [-0.4, -0.2) is 0 Å². The minimum Gasteiger partial charge on any atom is -0.456 e. The van der Waals surface area contributed by atoms with Crippen molar-refractivity contribution in [1.82, 2.24) is 0 Å². The molecule has 50 heavy (non-hydrogen) atoms. The Kier molecular flexibility index (Phi) is 7.53. The summed E-state index contributed by atoms with van der Waals surface area (Å²) in [6.07, 6.45) is 0. The van der Waals surface area contributed by atoms with Gasteiger partial charge in [0.25, 0.3) is 0 Å². The van der Waals surface area contributed by atoms with E-state index in [9.17, 15) is 0 Å². The minimum absolute atomic E-state index is 0.873. The molecule has 0 saturated carbocycles. The van der Waals surface area contributed by atoms with Crippen molar-refractivity contribution in [2.45, 2.75) is 0 Å². The highest BCUT2D eigenvalue weighted by molar-refractivity contribution is 6.07. The number of fused-ring (bicyclic) bond motifs is 2. The van der Waals surface area contributed by atoms with Gasteiger partial charge in [-0.15, -0.1) is 0 Å². The van der Waals surface area contributed by atoms with E-state index >= 15 is 0 Å². The van der Waals surface area contributed by atoms with Gasteiger partial charge in [-0.1, -0.05) is 158 Å². The quantitative estimate of drug-likeness (QED) is 0.173. The Hall–Kier alpha value is -6.64. The average molecular weight is 640 g/mol. The van der Waals surface area contributed by atoms with Crippen molar-refractivity contribution >= 4 is 38.8 Å². The van der Waals surface area contributed by atoms with Gasteiger partial charge in [-0.3, -0.25) is 0 Å². The monoisotopic (exact) mass is 639 g/mol. The molecule has 0 aliphatic rings. The third kappa shape index (κ3) is 5.43. The molecule has 0 fully saturated rings. The van der Waals surface area contributed by atoms with Gasteiger partial charge in [0.2, 0.25) is 0 Å². The zero-order valence-corrected chi connectivity index (χ0v) is 27.4. The first kappa shape index (κ1) is 29.5. The Morgan fingerprint density at radius 1 is 0.340 bits per heavy atom. The lowest BCUT2D eigenvalue weighted by Gasteiger charge is -2.29. The number of nitrogens with zero attached hydrogens (tertiary/aromatic N) is 1. The van der Waals surface area contributed by atoms with Crippen molar-refractivity contribution < 1.29 is 4.42 Å². The van der Waals surface area contributed by atoms with E-state index in [1.54, 1.807) is 0 Å². The van der Waals surface area contributed by atoms with Gasteiger partial charge in [0.05, 0.1) is 11.4 Å². The number of hydrogen-bond acceptors (Lipinski definition) is 2. The molecule has 0 radical (unpaired) electrons. The van der Waals surface area contributed by atoms with Gasteiger partial charge in [-0.25, -0.2) is 0 Å². The molecule has 0 amide bonds. The lowest BCUT2D eigenvalue weighted by molar-refractivity contribution is 0.631. The zero-order chi connectivity index (χ0) is 33.3. The van der Waals surface area contributed by atoms with Crippen LogP contribution >= 0.6 is 0 Å². The Bertz CT molecular complexity index is 2550. The summed E-state index contributed by atoms with van der Waals surface area (Å²) in [7, 11) is 0. The number of rotatable bonds is 7. The van der Waals surface area contributed by atoms with Crippen LogP contribution in [0, 0.1) is 0 Å². The molecule has 9 rings (SSSR count). The molecule has 0 saturated heterocycles. The fourth-order valence-corrected chi connectivity index (χ4v) is 7.06. The van der Waals surface area contributed by atoms with Crippen LogP contribution < -0.4 is 4.90 Å². The van der Waals surface area contributed by atoms with Crippen LogP contribution in [0.4, 0.5) is 17.1 Å². The predicted octanol–water partition coefficient (Wildman–Crippen LogP) is 13.7.